The molecule has 3 N–H and O–H groups in total. The maximum atomic E-state index is 12.4. The molecule has 0 saturated carbocycles. The van der Waals surface area contributed by atoms with Gasteiger partial charge >= 0.3 is 6.03 Å². The molecule has 1 aromatic heterocycles. The van der Waals surface area contributed by atoms with Gasteiger partial charge in [0.15, 0.2) is 5.13 Å². The van der Waals surface area contributed by atoms with Gasteiger partial charge in [0.05, 0.1) is 17.7 Å². The number of hydrogen-bond acceptors (Lipinski definition) is 5. The lowest BCUT2D eigenvalue weighted by Crippen LogP contribution is -2.29. The third-order valence-electron chi connectivity index (χ3n) is 7.03. The zero-order valence-corrected chi connectivity index (χ0v) is 25.5. The Morgan fingerprint density at radius 1 is 0.750 bits per heavy atom. The molecule has 3 rings (SSSR count). The van der Waals surface area contributed by atoms with Crippen LogP contribution in [0.25, 0.3) is 21.7 Å². The lowest BCUT2D eigenvalue weighted by Gasteiger charge is -2.08. The highest BCUT2D eigenvalue weighted by atomic mass is 32.1. The Kier molecular flexibility index (Phi) is 14.4. The largest absolute Gasteiger partial charge is 0.497 e. The van der Waals surface area contributed by atoms with Gasteiger partial charge in [0.1, 0.15) is 5.75 Å². The molecule has 1 heterocycles. The molecule has 40 heavy (non-hydrogen) atoms. The number of methoxy groups -OCH3 is 1. The minimum atomic E-state index is -0.221. The molecule has 0 unspecified atom stereocenters. The number of amides is 2. The summed E-state index contributed by atoms with van der Waals surface area (Å²) in [6.07, 6.45) is 15.5. The highest BCUT2D eigenvalue weighted by Crippen LogP contribution is 2.39. The Balaban J connectivity index is 1.56. The number of urea groups is 1. The second-order valence-corrected chi connectivity index (χ2v) is 11.3. The number of unbranched alkanes of at least 4 members (excludes halogenated alkanes) is 10. The molecule has 7 heteroatoms. The van der Waals surface area contributed by atoms with Crippen LogP contribution in [0.2, 0.25) is 0 Å². The molecule has 0 fully saturated rings. The fraction of sp³-hybridized carbons (Fsp3) is 0.515. The van der Waals surface area contributed by atoms with Crippen LogP contribution >= 0.6 is 11.3 Å². The van der Waals surface area contributed by atoms with Crippen molar-refractivity contribution in [2.75, 3.05) is 30.8 Å². The van der Waals surface area contributed by atoms with E-state index in [0.29, 0.717) is 11.7 Å². The van der Waals surface area contributed by atoms with Gasteiger partial charge in [-0.15, -0.1) is 0 Å². The summed E-state index contributed by atoms with van der Waals surface area (Å²) >= 11 is 1.49. The third kappa shape index (κ3) is 10.8. The van der Waals surface area contributed by atoms with Gasteiger partial charge in [0.25, 0.3) is 0 Å². The molecule has 2 aromatic carbocycles. The number of hydrogen-bond donors (Lipinski definition) is 3. The standard InChI is InChI=1S/C33H48N4O2S/c1-4-6-8-9-10-11-12-13-14-15-25-34-28-20-16-27(17-21-28)31-30(26-18-22-29(39-3)23-19-26)36-33(40-31)37-32(38)35-24-7-5-2/h16-23,34H,4-15,24-25H2,1-3H3,(H2,35,36,37,38). The first-order chi connectivity index (χ1) is 19.6. The zero-order valence-electron chi connectivity index (χ0n) is 24.7. The summed E-state index contributed by atoms with van der Waals surface area (Å²) in [6.45, 7) is 6.02. The highest BCUT2D eigenvalue weighted by molar-refractivity contribution is 7.19. The van der Waals surface area contributed by atoms with Crippen LogP contribution in [0, 0.1) is 0 Å². The highest BCUT2D eigenvalue weighted by Gasteiger charge is 2.17. The fourth-order valence-electron chi connectivity index (χ4n) is 4.62. The molecule has 6 nitrogen and oxygen atoms in total. The monoisotopic (exact) mass is 564 g/mol. The Morgan fingerprint density at radius 2 is 1.35 bits per heavy atom. The maximum absolute atomic E-state index is 12.4. The van der Waals surface area contributed by atoms with Crippen LogP contribution in [0.1, 0.15) is 90.9 Å². The van der Waals surface area contributed by atoms with Gasteiger partial charge in [-0.25, -0.2) is 9.78 Å². The van der Waals surface area contributed by atoms with Crippen molar-refractivity contribution >= 4 is 28.2 Å². The Labute approximate surface area is 245 Å². The molecule has 0 bridgehead atoms. The van der Waals surface area contributed by atoms with Crippen LogP contribution in [-0.2, 0) is 0 Å². The average Bonchev–Trinajstić information content (AvgIpc) is 3.40. The van der Waals surface area contributed by atoms with Gasteiger partial charge < -0.3 is 15.4 Å². The normalized spacial score (nSPS) is 10.9. The number of aromatic nitrogens is 1. The zero-order chi connectivity index (χ0) is 28.4. The van der Waals surface area contributed by atoms with E-state index in [4.69, 9.17) is 9.72 Å². The summed E-state index contributed by atoms with van der Waals surface area (Å²) < 4.78 is 5.33. The van der Waals surface area contributed by atoms with Gasteiger partial charge in [-0.05, 0) is 54.8 Å². The summed E-state index contributed by atoms with van der Waals surface area (Å²) in [5.74, 6) is 0.798. The smallest absolute Gasteiger partial charge is 0.321 e. The number of carbonyl (C=O) groups excluding carboxylic acids is 1. The first-order valence-electron chi connectivity index (χ1n) is 15.2. The number of ether oxygens (including phenoxy) is 1. The van der Waals surface area contributed by atoms with Crippen molar-refractivity contribution in [1.82, 2.24) is 10.3 Å². The van der Waals surface area contributed by atoms with Crippen LogP contribution in [-0.4, -0.2) is 31.2 Å². The average molecular weight is 565 g/mol. The Morgan fingerprint density at radius 3 is 1.98 bits per heavy atom. The number of rotatable bonds is 19. The molecule has 0 aliphatic heterocycles. The van der Waals surface area contributed by atoms with Gasteiger partial charge in [-0.1, -0.05) is 102 Å². The van der Waals surface area contributed by atoms with E-state index < -0.39 is 0 Å². The lowest BCUT2D eigenvalue weighted by atomic mass is 10.1. The number of thiazole rings is 1. The van der Waals surface area contributed by atoms with Crippen molar-refractivity contribution in [3.8, 4) is 27.4 Å². The molecule has 0 spiro atoms. The van der Waals surface area contributed by atoms with Gasteiger partial charge in [0.2, 0.25) is 0 Å². The van der Waals surface area contributed by atoms with Crippen LogP contribution in [0.3, 0.4) is 0 Å². The first-order valence-corrected chi connectivity index (χ1v) is 16.0. The predicted octanol–water partition coefficient (Wildman–Crippen LogP) is 9.74. The summed E-state index contributed by atoms with van der Waals surface area (Å²) in [6, 6.07) is 16.2. The van der Waals surface area contributed by atoms with E-state index >= 15 is 0 Å². The number of anilines is 2. The Hall–Kier alpha value is -3.06. The van der Waals surface area contributed by atoms with Crippen molar-refractivity contribution in [2.45, 2.75) is 90.9 Å². The summed E-state index contributed by atoms with van der Waals surface area (Å²) in [5.41, 5.74) is 4.04. The molecule has 0 saturated heterocycles. The lowest BCUT2D eigenvalue weighted by molar-refractivity contribution is 0.252. The molecule has 0 aliphatic rings. The summed E-state index contributed by atoms with van der Waals surface area (Å²) in [5, 5.41) is 9.97. The van der Waals surface area contributed by atoms with Crippen molar-refractivity contribution in [3.63, 3.8) is 0 Å². The van der Waals surface area contributed by atoms with Gasteiger partial charge in [-0.3, -0.25) is 5.32 Å². The summed E-state index contributed by atoms with van der Waals surface area (Å²) in [7, 11) is 1.66. The molecular formula is C33H48N4O2S. The number of carbonyl (C=O) groups is 1. The van der Waals surface area contributed by atoms with E-state index in [1.54, 1.807) is 7.11 Å². The van der Waals surface area contributed by atoms with E-state index in [-0.39, 0.29) is 6.03 Å². The van der Waals surface area contributed by atoms with E-state index in [1.807, 2.05) is 24.3 Å². The van der Waals surface area contributed by atoms with Crippen LogP contribution in [0.5, 0.6) is 5.75 Å². The van der Waals surface area contributed by atoms with Crippen molar-refractivity contribution in [2.24, 2.45) is 0 Å². The summed E-state index contributed by atoms with van der Waals surface area (Å²) in [4.78, 5) is 18.2. The first kappa shape index (κ1) is 31.5. The molecule has 3 aromatic rings. The maximum Gasteiger partial charge on any atom is 0.321 e. The Bertz CT molecular complexity index is 1110. The topological polar surface area (TPSA) is 75.3 Å². The van der Waals surface area contributed by atoms with Crippen LogP contribution < -0.4 is 20.7 Å². The molecule has 0 atom stereocenters. The van der Waals surface area contributed by atoms with E-state index in [2.05, 4.69) is 54.1 Å². The van der Waals surface area contributed by atoms with Crippen molar-refractivity contribution in [3.05, 3.63) is 48.5 Å². The van der Waals surface area contributed by atoms with Crippen molar-refractivity contribution in [1.29, 1.82) is 0 Å². The number of benzene rings is 2. The third-order valence-corrected chi connectivity index (χ3v) is 8.05. The quantitative estimate of drug-likeness (QED) is 0.127. The predicted molar refractivity (Wildman–Crippen MR) is 172 cm³/mol. The second kappa shape index (κ2) is 18.3. The number of nitrogens with zero attached hydrogens (tertiary/aromatic N) is 1. The number of nitrogens with one attached hydrogen (secondary N) is 3. The van der Waals surface area contributed by atoms with E-state index in [9.17, 15) is 4.79 Å². The minimum Gasteiger partial charge on any atom is -0.497 e. The molecule has 2 amide bonds. The molecular weight excluding hydrogens is 516 g/mol. The minimum absolute atomic E-state index is 0.221. The molecule has 218 valence electrons. The van der Waals surface area contributed by atoms with E-state index in [1.165, 1.54) is 75.5 Å². The van der Waals surface area contributed by atoms with Crippen molar-refractivity contribution < 1.29 is 9.53 Å². The molecule has 0 aliphatic carbocycles. The molecule has 0 radical (unpaired) electrons. The SMILES string of the molecule is CCCCCCCCCCCCNc1ccc(-c2sc(NC(=O)NCCCC)nc2-c2ccc(OC)cc2)cc1. The van der Waals surface area contributed by atoms with Gasteiger partial charge in [0, 0.05) is 24.3 Å². The fourth-order valence-corrected chi connectivity index (χ4v) is 5.61. The van der Waals surface area contributed by atoms with Crippen LogP contribution in [0.4, 0.5) is 15.6 Å². The second-order valence-electron chi connectivity index (χ2n) is 10.3. The van der Waals surface area contributed by atoms with Crippen LogP contribution in [0.15, 0.2) is 48.5 Å². The van der Waals surface area contributed by atoms with E-state index in [0.717, 1.165) is 52.5 Å². The van der Waals surface area contributed by atoms with Gasteiger partial charge in [-0.2, -0.15) is 0 Å².